The van der Waals surface area contributed by atoms with E-state index in [-0.39, 0.29) is 0 Å². The Morgan fingerprint density at radius 3 is 2.06 bits per heavy atom. The van der Waals surface area contributed by atoms with Gasteiger partial charge in [-0.1, -0.05) is 0 Å². The predicted octanol–water partition coefficient (Wildman–Crippen LogP) is 1.35. The van der Waals surface area contributed by atoms with E-state index >= 15 is 0 Å². The third kappa shape index (κ3) is 3.94. The summed E-state index contributed by atoms with van der Waals surface area (Å²) in [5.41, 5.74) is 0. The summed E-state index contributed by atoms with van der Waals surface area (Å²) in [6, 6.07) is 0.846. The predicted molar refractivity (Wildman–Crippen MR) is 73.4 cm³/mol. The third-order valence-corrected chi connectivity index (χ3v) is 4.66. The molecule has 0 spiro atoms. The average molecular weight is 239 g/mol. The number of rotatable bonds is 3. The quantitative estimate of drug-likeness (QED) is 0.736. The number of hydrogen-bond donors (Lipinski definition) is 0. The molecule has 0 aromatic carbocycles. The van der Waals surface area contributed by atoms with Crippen LogP contribution in [-0.4, -0.2) is 74.6 Å². The van der Waals surface area contributed by atoms with Crippen LogP contribution in [0.4, 0.5) is 0 Å². The van der Waals surface area contributed by atoms with Gasteiger partial charge in [-0.05, 0) is 52.7 Å². The normalized spacial score (nSPS) is 33.2. The van der Waals surface area contributed by atoms with E-state index in [2.05, 4.69) is 35.8 Å². The van der Waals surface area contributed by atoms with Crippen molar-refractivity contribution in [2.45, 2.75) is 31.7 Å². The lowest BCUT2D eigenvalue weighted by Gasteiger charge is -2.38. The van der Waals surface area contributed by atoms with Crippen molar-refractivity contribution in [1.29, 1.82) is 0 Å². The lowest BCUT2D eigenvalue weighted by Crippen LogP contribution is -2.46. The van der Waals surface area contributed by atoms with E-state index in [1.165, 1.54) is 58.4 Å². The summed E-state index contributed by atoms with van der Waals surface area (Å²) < 4.78 is 0. The molecular weight excluding hydrogens is 210 g/mol. The first-order valence-electron chi connectivity index (χ1n) is 7.22. The summed E-state index contributed by atoms with van der Waals surface area (Å²) in [5, 5.41) is 0. The van der Waals surface area contributed by atoms with Gasteiger partial charge in [-0.15, -0.1) is 0 Å². The fraction of sp³-hybridized carbons (Fsp3) is 1.00. The zero-order chi connectivity index (χ0) is 12.3. The first-order valence-corrected chi connectivity index (χ1v) is 7.22. The van der Waals surface area contributed by atoms with Crippen LogP contribution in [0.2, 0.25) is 0 Å². The average Bonchev–Trinajstić information content (AvgIpc) is 2.33. The maximum absolute atomic E-state index is 2.68. The Morgan fingerprint density at radius 1 is 0.941 bits per heavy atom. The molecule has 100 valence electrons. The molecule has 1 heterocycles. The summed E-state index contributed by atoms with van der Waals surface area (Å²) in [6.45, 7) is 6.43. The molecule has 3 nitrogen and oxygen atoms in total. The first-order chi connectivity index (χ1) is 8.15. The van der Waals surface area contributed by atoms with Crippen LogP contribution in [0.15, 0.2) is 0 Å². The van der Waals surface area contributed by atoms with Gasteiger partial charge >= 0.3 is 0 Å². The van der Waals surface area contributed by atoms with Crippen LogP contribution in [0.25, 0.3) is 0 Å². The van der Waals surface area contributed by atoms with Gasteiger partial charge < -0.3 is 14.7 Å². The summed E-state index contributed by atoms with van der Waals surface area (Å²) >= 11 is 0. The molecule has 1 saturated heterocycles. The third-order valence-electron chi connectivity index (χ3n) is 4.66. The van der Waals surface area contributed by atoms with Gasteiger partial charge in [-0.2, -0.15) is 0 Å². The maximum atomic E-state index is 2.68. The van der Waals surface area contributed by atoms with Gasteiger partial charge in [0.1, 0.15) is 0 Å². The minimum atomic E-state index is 0.846. The van der Waals surface area contributed by atoms with Gasteiger partial charge in [0.2, 0.25) is 0 Å². The zero-order valence-corrected chi connectivity index (χ0v) is 11.9. The Hall–Kier alpha value is -0.120. The highest BCUT2D eigenvalue weighted by Crippen LogP contribution is 2.27. The highest BCUT2D eigenvalue weighted by atomic mass is 15.2. The number of hydrogen-bond acceptors (Lipinski definition) is 3. The SMILES string of the molecule is CN1CCN(CC2CCC(N(C)C)CC2)CC1. The minimum Gasteiger partial charge on any atom is -0.306 e. The smallest absolute Gasteiger partial charge is 0.0110 e. The molecule has 0 N–H and O–H groups in total. The standard InChI is InChI=1S/C14H29N3/c1-15(2)14-6-4-13(5-7-14)12-17-10-8-16(3)9-11-17/h13-14H,4-12H2,1-3H3. The van der Waals surface area contributed by atoms with Gasteiger partial charge in [-0.25, -0.2) is 0 Å². The monoisotopic (exact) mass is 239 g/mol. The topological polar surface area (TPSA) is 9.72 Å². The van der Waals surface area contributed by atoms with E-state index in [0.29, 0.717) is 0 Å². The molecule has 0 aromatic heterocycles. The molecule has 0 aromatic rings. The molecule has 3 heteroatoms. The summed E-state index contributed by atoms with van der Waals surface area (Å²) in [6.07, 6.45) is 5.70. The first kappa shape index (κ1) is 13.3. The summed E-state index contributed by atoms with van der Waals surface area (Å²) in [5.74, 6) is 0.967. The second kappa shape index (κ2) is 6.17. The van der Waals surface area contributed by atoms with Crippen molar-refractivity contribution >= 4 is 0 Å². The van der Waals surface area contributed by atoms with Crippen LogP contribution >= 0.6 is 0 Å². The van der Waals surface area contributed by atoms with Crippen molar-refractivity contribution < 1.29 is 0 Å². The largest absolute Gasteiger partial charge is 0.306 e. The van der Waals surface area contributed by atoms with E-state index < -0.39 is 0 Å². The molecule has 0 bridgehead atoms. The molecule has 17 heavy (non-hydrogen) atoms. The molecular formula is C14H29N3. The highest BCUT2D eigenvalue weighted by molar-refractivity contribution is 4.80. The second-order valence-electron chi connectivity index (χ2n) is 6.24. The zero-order valence-electron chi connectivity index (χ0n) is 11.9. The number of piperazine rings is 1. The Morgan fingerprint density at radius 2 is 1.53 bits per heavy atom. The van der Waals surface area contributed by atoms with E-state index in [1.54, 1.807) is 0 Å². The van der Waals surface area contributed by atoms with Crippen LogP contribution in [0, 0.1) is 5.92 Å². The fourth-order valence-corrected chi connectivity index (χ4v) is 3.24. The molecule has 2 fully saturated rings. The highest BCUT2D eigenvalue weighted by Gasteiger charge is 2.24. The summed E-state index contributed by atoms with van der Waals surface area (Å²) in [7, 11) is 6.69. The van der Waals surface area contributed by atoms with Crippen LogP contribution in [-0.2, 0) is 0 Å². The Kier molecular flexibility index (Phi) is 4.83. The van der Waals surface area contributed by atoms with Crippen molar-refractivity contribution in [3.8, 4) is 0 Å². The van der Waals surface area contributed by atoms with E-state index in [9.17, 15) is 0 Å². The number of nitrogens with zero attached hydrogens (tertiary/aromatic N) is 3. The van der Waals surface area contributed by atoms with Gasteiger partial charge in [-0.3, -0.25) is 0 Å². The van der Waals surface area contributed by atoms with Crippen molar-refractivity contribution in [3.63, 3.8) is 0 Å². The fourth-order valence-electron chi connectivity index (χ4n) is 3.24. The van der Waals surface area contributed by atoms with E-state index in [4.69, 9.17) is 0 Å². The molecule has 0 atom stereocenters. The van der Waals surface area contributed by atoms with Gasteiger partial charge in [0.05, 0.1) is 0 Å². The van der Waals surface area contributed by atoms with Gasteiger partial charge in [0.15, 0.2) is 0 Å². The Balaban J connectivity index is 1.67. The van der Waals surface area contributed by atoms with Crippen molar-refractivity contribution in [2.75, 3.05) is 53.9 Å². The van der Waals surface area contributed by atoms with Crippen LogP contribution in [0.1, 0.15) is 25.7 Å². The molecule has 2 aliphatic rings. The van der Waals surface area contributed by atoms with Gasteiger partial charge in [0.25, 0.3) is 0 Å². The lowest BCUT2D eigenvalue weighted by atomic mass is 9.85. The van der Waals surface area contributed by atoms with Crippen LogP contribution < -0.4 is 0 Å². The molecule has 1 aliphatic carbocycles. The second-order valence-corrected chi connectivity index (χ2v) is 6.24. The van der Waals surface area contributed by atoms with Crippen molar-refractivity contribution in [3.05, 3.63) is 0 Å². The van der Waals surface area contributed by atoms with Crippen molar-refractivity contribution in [2.24, 2.45) is 5.92 Å². The van der Waals surface area contributed by atoms with Crippen LogP contribution in [0.3, 0.4) is 0 Å². The maximum Gasteiger partial charge on any atom is 0.0110 e. The lowest BCUT2D eigenvalue weighted by molar-refractivity contribution is 0.111. The Bertz CT molecular complexity index is 214. The van der Waals surface area contributed by atoms with Crippen molar-refractivity contribution in [1.82, 2.24) is 14.7 Å². The molecule has 0 unspecified atom stereocenters. The van der Waals surface area contributed by atoms with Crippen LogP contribution in [0.5, 0.6) is 0 Å². The minimum absolute atomic E-state index is 0.846. The van der Waals surface area contributed by atoms with Gasteiger partial charge in [0, 0.05) is 38.8 Å². The molecule has 1 aliphatic heterocycles. The molecule has 1 saturated carbocycles. The molecule has 0 amide bonds. The number of likely N-dealkylation sites (N-methyl/N-ethyl adjacent to an activating group) is 1. The summed E-state index contributed by atoms with van der Waals surface area (Å²) in [4.78, 5) is 7.53. The Labute approximate surface area is 107 Å². The molecule has 2 rings (SSSR count). The molecule has 0 radical (unpaired) electrons. The van der Waals surface area contributed by atoms with E-state index in [0.717, 1.165) is 12.0 Å². The van der Waals surface area contributed by atoms with E-state index in [1.807, 2.05) is 0 Å².